The monoisotopic (exact) mass is 268 g/mol. The van der Waals surface area contributed by atoms with Crippen LogP contribution in [0.3, 0.4) is 0 Å². The fourth-order valence-electron chi connectivity index (χ4n) is 2.40. The van der Waals surface area contributed by atoms with Gasteiger partial charge in [0.2, 0.25) is 10.0 Å². The minimum Gasteiger partial charge on any atom is -0.550 e. The molecule has 0 saturated carbocycles. The molecule has 1 aliphatic rings. The Bertz CT molecular complexity index is 567. The van der Waals surface area contributed by atoms with Crippen molar-refractivity contribution in [3.8, 4) is 0 Å². The summed E-state index contributed by atoms with van der Waals surface area (Å²) >= 11 is 0. The van der Waals surface area contributed by atoms with Gasteiger partial charge in [-0.25, -0.2) is 8.42 Å². The van der Waals surface area contributed by atoms with Crippen LogP contribution in [-0.4, -0.2) is 31.5 Å². The summed E-state index contributed by atoms with van der Waals surface area (Å²) in [4.78, 5) is 10.8. The highest BCUT2D eigenvalue weighted by molar-refractivity contribution is 7.88. The predicted octanol–water partition coefficient (Wildman–Crippen LogP) is -0.315. The summed E-state index contributed by atoms with van der Waals surface area (Å²) < 4.78 is 24.6. The zero-order valence-corrected chi connectivity index (χ0v) is 10.8. The van der Waals surface area contributed by atoms with Gasteiger partial charge in [0.05, 0.1) is 12.3 Å². The third kappa shape index (κ3) is 2.54. The zero-order valence-electron chi connectivity index (χ0n) is 10.00. The second-order valence-electron chi connectivity index (χ2n) is 4.41. The van der Waals surface area contributed by atoms with Gasteiger partial charge in [0.25, 0.3) is 0 Å². The van der Waals surface area contributed by atoms with Crippen LogP contribution in [-0.2, 0) is 21.2 Å². The molecule has 0 bridgehead atoms. The van der Waals surface area contributed by atoms with Crippen molar-refractivity contribution in [3.05, 3.63) is 35.4 Å². The van der Waals surface area contributed by atoms with E-state index in [9.17, 15) is 18.3 Å². The average Bonchev–Trinajstić information content (AvgIpc) is 2.27. The Morgan fingerprint density at radius 3 is 2.72 bits per heavy atom. The fourth-order valence-corrected chi connectivity index (χ4v) is 3.47. The van der Waals surface area contributed by atoms with Gasteiger partial charge in [0.15, 0.2) is 0 Å². The normalized spacial score (nSPS) is 20.4. The smallest absolute Gasteiger partial charge is 0.211 e. The van der Waals surface area contributed by atoms with Crippen molar-refractivity contribution < 1.29 is 18.3 Å². The van der Waals surface area contributed by atoms with E-state index in [0.29, 0.717) is 13.0 Å². The van der Waals surface area contributed by atoms with Crippen LogP contribution in [0.5, 0.6) is 0 Å². The molecule has 1 aromatic rings. The van der Waals surface area contributed by atoms with Crippen LogP contribution in [0.1, 0.15) is 23.6 Å². The molecular formula is C12H14NO4S-. The van der Waals surface area contributed by atoms with Crippen LogP contribution in [0, 0.1) is 0 Å². The Morgan fingerprint density at radius 2 is 2.11 bits per heavy atom. The minimum atomic E-state index is -3.42. The number of carbonyl (C=O) groups is 1. The van der Waals surface area contributed by atoms with E-state index in [0.717, 1.165) is 17.4 Å². The largest absolute Gasteiger partial charge is 0.550 e. The van der Waals surface area contributed by atoms with Gasteiger partial charge in [-0.1, -0.05) is 24.3 Å². The second kappa shape index (κ2) is 4.70. The van der Waals surface area contributed by atoms with Gasteiger partial charge in [0.1, 0.15) is 0 Å². The topological polar surface area (TPSA) is 77.5 Å². The SMILES string of the molecule is CS(=O)(=O)N1CCc2ccccc2[C@H]1CC(=O)[O-]. The number of rotatable bonds is 3. The van der Waals surface area contributed by atoms with E-state index in [4.69, 9.17) is 0 Å². The highest BCUT2D eigenvalue weighted by atomic mass is 32.2. The zero-order chi connectivity index (χ0) is 13.3. The standard InChI is InChI=1S/C12H15NO4S/c1-18(16,17)13-7-6-9-4-2-3-5-10(9)11(13)8-12(14)15/h2-5,11H,6-8H2,1H3,(H,14,15)/p-1/t11-/m1/s1. The first kappa shape index (κ1) is 13.0. The number of carbonyl (C=O) groups excluding carboxylic acids is 1. The summed E-state index contributed by atoms with van der Waals surface area (Å²) in [6.07, 6.45) is 1.39. The Morgan fingerprint density at radius 1 is 1.44 bits per heavy atom. The number of sulfonamides is 1. The molecule has 1 aromatic carbocycles. The first-order chi connectivity index (χ1) is 8.39. The molecule has 0 aliphatic carbocycles. The molecule has 5 nitrogen and oxygen atoms in total. The highest BCUT2D eigenvalue weighted by Crippen LogP contribution is 2.33. The Balaban J connectivity index is 2.46. The molecule has 0 amide bonds. The summed E-state index contributed by atoms with van der Waals surface area (Å²) in [5.74, 6) is -1.25. The van der Waals surface area contributed by atoms with Crippen LogP contribution in [0.25, 0.3) is 0 Å². The lowest BCUT2D eigenvalue weighted by Crippen LogP contribution is -2.42. The van der Waals surface area contributed by atoms with Crippen molar-refractivity contribution in [2.45, 2.75) is 18.9 Å². The van der Waals surface area contributed by atoms with Gasteiger partial charge in [-0.3, -0.25) is 0 Å². The molecular weight excluding hydrogens is 254 g/mol. The van der Waals surface area contributed by atoms with Crippen molar-refractivity contribution >= 4 is 16.0 Å². The lowest BCUT2D eigenvalue weighted by Gasteiger charge is -2.35. The lowest BCUT2D eigenvalue weighted by atomic mass is 9.92. The maximum absolute atomic E-state index is 11.7. The van der Waals surface area contributed by atoms with Crippen LogP contribution in [0.4, 0.5) is 0 Å². The van der Waals surface area contributed by atoms with Crippen molar-refractivity contribution in [1.29, 1.82) is 0 Å². The molecule has 2 rings (SSSR count). The number of benzene rings is 1. The van der Waals surface area contributed by atoms with E-state index >= 15 is 0 Å². The number of nitrogens with zero attached hydrogens (tertiary/aromatic N) is 1. The molecule has 0 unspecified atom stereocenters. The number of carboxylic acids is 1. The van der Waals surface area contributed by atoms with Crippen LogP contribution < -0.4 is 5.11 Å². The van der Waals surface area contributed by atoms with E-state index in [1.54, 1.807) is 12.1 Å². The summed E-state index contributed by atoms with van der Waals surface area (Å²) in [5.41, 5.74) is 1.77. The number of fused-ring (bicyclic) bond motifs is 1. The predicted molar refractivity (Wildman–Crippen MR) is 64.1 cm³/mol. The van der Waals surface area contributed by atoms with Gasteiger partial charge < -0.3 is 9.90 Å². The summed E-state index contributed by atoms with van der Waals surface area (Å²) in [7, 11) is -3.42. The molecule has 0 radical (unpaired) electrons. The van der Waals surface area contributed by atoms with Crippen molar-refractivity contribution in [3.63, 3.8) is 0 Å². The number of carboxylic acid groups (broad SMARTS) is 1. The molecule has 6 heteroatoms. The number of hydrogen-bond donors (Lipinski definition) is 0. The molecule has 98 valence electrons. The first-order valence-electron chi connectivity index (χ1n) is 5.64. The van der Waals surface area contributed by atoms with Crippen LogP contribution in [0.2, 0.25) is 0 Å². The molecule has 18 heavy (non-hydrogen) atoms. The average molecular weight is 268 g/mol. The Labute approximate surface area is 106 Å². The molecule has 0 aromatic heterocycles. The third-order valence-corrected chi connectivity index (χ3v) is 4.44. The van der Waals surface area contributed by atoms with Gasteiger partial charge in [-0.2, -0.15) is 4.31 Å². The van der Waals surface area contributed by atoms with Crippen molar-refractivity contribution in [2.75, 3.05) is 12.8 Å². The van der Waals surface area contributed by atoms with Gasteiger partial charge in [-0.05, 0) is 17.5 Å². The fraction of sp³-hybridized carbons (Fsp3) is 0.417. The number of hydrogen-bond acceptors (Lipinski definition) is 4. The number of aliphatic carboxylic acids is 1. The van der Waals surface area contributed by atoms with Crippen LogP contribution in [0.15, 0.2) is 24.3 Å². The molecule has 0 spiro atoms. The second-order valence-corrected chi connectivity index (χ2v) is 6.35. The van der Waals surface area contributed by atoms with Crippen molar-refractivity contribution in [1.82, 2.24) is 4.31 Å². The minimum absolute atomic E-state index is 0.313. The Kier molecular flexibility index (Phi) is 3.41. The van der Waals surface area contributed by atoms with Gasteiger partial charge in [0, 0.05) is 18.9 Å². The van der Waals surface area contributed by atoms with E-state index in [1.807, 2.05) is 12.1 Å². The maximum atomic E-state index is 11.7. The highest BCUT2D eigenvalue weighted by Gasteiger charge is 2.32. The summed E-state index contributed by atoms with van der Waals surface area (Å²) in [6, 6.07) is 6.67. The van der Waals surface area contributed by atoms with Crippen molar-refractivity contribution in [2.24, 2.45) is 0 Å². The summed E-state index contributed by atoms with van der Waals surface area (Å²) in [5, 5.41) is 10.8. The molecule has 1 heterocycles. The molecule has 0 N–H and O–H groups in total. The van der Waals surface area contributed by atoms with E-state index in [2.05, 4.69) is 0 Å². The van der Waals surface area contributed by atoms with E-state index < -0.39 is 22.0 Å². The molecule has 1 aliphatic heterocycles. The quantitative estimate of drug-likeness (QED) is 0.753. The molecule has 0 fully saturated rings. The van der Waals surface area contributed by atoms with Gasteiger partial charge in [-0.15, -0.1) is 0 Å². The molecule has 1 atom stereocenters. The Hall–Kier alpha value is -1.40. The summed E-state index contributed by atoms with van der Waals surface area (Å²) in [6.45, 7) is 0.313. The third-order valence-electron chi connectivity index (χ3n) is 3.15. The van der Waals surface area contributed by atoms with Crippen LogP contribution >= 0.6 is 0 Å². The lowest BCUT2D eigenvalue weighted by molar-refractivity contribution is -0.306. The van der Waals surface area contributed by atoms with Gasteiger partial charge >= 0.3 is 0 Å². The first-order valence-corrected chi connectivity index (χ1v) is 7.49. The van der Waals surface area contributed by atoms with E-state index in [-0.39, 0.29) is 6.42 Å². The van der Waals surface area contributed by atoms with E-state index in [1.165, 1.54) is 4.31 Å². The maximum Gasteiger partial charge on any atom is 0.211 e. The molecule has 0 saturated heterocycles.